The highest BCUT2D eigenvalue weighted by atomic mass is 32.2. The first-order chi connectivity index (χ1) is 14.9. The van der Waals surface area contributed by atoms with Gasteiger partial charge in [0.1, 0.15) is 4.70 Å². The molecule has 0 unspecified atom stereocenters. The lowest BCUT2D eigenvalue weighted by molar-refractivity contribution is -0.118. The summed E-state index contributed by atoms with van der Waals surface area (Å²) in [6, 6.07) is 15.8. The first-order valence-corrected chi connectivity index (χ1v) is 11.8. The van der Waals surface area contributed by atoms with E-state index in [1.54, 1.807) is 0 Å². The summed E-state index contributed by atoms with van der Waals surface area (Å²) in [6.07, 6.45) is 0. The van der Waals surface area contributed by atoms with E-state index < -0.39 is 0 Å². The van der Waals surface area contributed by atoms with Crippen LogP contribution in [0.3, 0.4) is 0 Å². The first kappa shape index (κ1) is 21.5. The number of thiazole rings is 1. The minimum absolute atomic E-state index is 0.130. The summed E-state index contributed by atoms with van der Waals surface area (Å²) in [6.45, 7) is 4.47. The maximum Gasteiger partial charge on any atom is 0.271 e. The molecule has 0 bridgehead atoms. The Morgan fingerprint density at radius 1 is 1.19 bits per heavy atom. The summed E-state index contributed by atoms with van der Waals surface area (Å²) >= 11 is 7.93. The number of aryl methyl sites for hydroxylation is 2. The molecular weight excluding hydrogens is 448 g/mol. The highest BCUT2D eigenvalue weighted by Gasteiger charge is 2.15. The molecule has 0 aliphatic heterocycles. The zero-order chi connectivity index (χ0) is 22.0. The topological polar surface area (TPSA) is 79.8 Å². The molecule has 0 radical (unpaired) electrons. The van der Waals surface area contributed by atoms with E-state index in [0.717, 1.165) is 16.8 Å². The highest BCUT2D eigenvalue weighted by Crippen LogP contribution is 2.26. The van der Waals surface area contributed by atoms with Gasteiger partial charge >= 0.3 is 0 Å². The third kappa shape index (κ3) is 4.79. The van der Waals surface area contributed by atoms with Crippen LogP contribution in [0.2, 0.25) is 0 Å². The lowest BCUT2D eigenvalue weighted by atomic mass is 10.1. The van der Waals surface area contributed by atoms with E-state index in [9.17, 15) is 9.59 Å². The number of thioether (sulfide) groups is 1. The Labute approximate surface area is 192 Å². The second-order valence-corrected chi connectivity index (χ2v) is 9.67. The van der Waals surface area contributed by atoms with Crippen molar-refractivity contribution >= 4 is 51.6 Å². The third-order valence-corrected chi connectivity index (χ3v) is 6.96. The SMILES string of the molecule is Cc1ccc(CNC(=O)CSc2nc3c(sc(=S)n3-c3ccccc3C)c(=O)[nH]2)cc1. The van der Waals surface area contributed by atoms with Crippen molar-refractivity contribution in [2.24, 2.45) is 0 Å². The van der Waals surface area contributed by atoms with Crippen LogP contribution >= 0.6 is 35.3 Å². The van der Waals surface area contributed by atoms with E-state index >= 15 is 0 Å². The molecular formula is C22H20N4O2S3. The Balaban J connectivity index is 1.53. The average molecular weight is 469 g/mol. The standard InChI is InChI=1S/C22H20N4O2S3/c1-13-7-9-15(10-8-13)11-23-17(27)12-30-21-24-19-18(20(28)25-21)31-22(29)26(19)16-6-4-3-5-14(16)2/h3-10H,11-12H2,1-2H3,(H,23,27)(H,24,25,28). The van der Waals surface area contributed by atoms with Gasteiger partial charge in [0.05, 0.1) is 11.4 Å². The minimum Gasteiger partial charge on any atom is -0.351 e. The lowest BCUT2D eigenvalue weighted by Crippen LogP contribution is -2.24. The largest absolute Gasteiger partial charge is 0.351 e. The van der Waals surface area contributed by atoms with Gasteiger partial charge in [0, 0.05) is 6.54 Å². The molecule has 1 amide bonds. The first-order valence-electron chi connectivity index (χ1n) is 9.59. The molecule has 0 saturated heterocycles. The maximum atomic E-state index is 12.6. The Kier molecular flexibility index (Phi) is 6.35. The summed E-state index contributed by atoms with van der Waals surface area (Å²) in [5, 5.41) is 3.28. The van der Waals surface area contributed by atoms with E-state index in [-0.39, 0.29) is 17.2 Å². The molecule has 6 nitrogen and oxygen atoms in total. The van der Waals surface area contributed by atoms with Crippen LogP contribution in [0.4, 0.5) is 0 Å². The van der Waals surface area contributed by atoms with Crippen molar-refractivity contribution in [1.82, 2.24) is 19.9 Å². The van der Waals surface area contributed by atoms with E-state index in [4.69, 9.17) is 12.2 Å². The highest BCUT2D eigenvalue weighted by molar-refractivity contribution is 7.99. The van der Waals surface area contributed by atoms with Crippen LogP contribution in [0.25, 0.3) is 16.0 Å². The Hall–Kier alpha value is -2.75. The second-order valence-electron chi connectivity index (χ2n) is 7.06. The van der Waals surface area contributed by atoms with Crippen LogP contribution in [0.1, 0.15) is 16.7 Å². The zero-order valence-corrected chi connectivity index (χ0v) is 19.4. The van der Waals surface area contributed by atoms with Crippen LogP contribution in [0, 0.1) is 17.8 Å². The van der Waals surface area contributed by atoms with Gasteiger partial charge in [0.2, 0.25) is 5.91 Å². The van der Waals surface area contributed by atoms with Crippen molar-refractivity contribution in [3.8, 4) is 5.69 Å². The van der Waals surface area contributed by atoms with Crippen molar-refractivity contribution in [3.05, 3.63) is 79.5 Å². The smallest absolute Gasteiger partial charge is 0.271 e. The third-order valence-electron chi connectivity index (χ3n) is 4.73. The minimum atomic E-state index is -0.254. The number of aromatic nitrogens is 3. The number of fused-ring (bicyclic) bond motifs is 1. The molecule has 0 aliphatic carbocycles. The number of nitrogens with one attached hydrogen (secondary N) is 2. The van der Waals surface area contributed by atoms with Gasteiger partial charge in [-0.15, -0.1) is 0 Å². The molecule has 0 atom stereocenters. The summed E-state index contributed by atoms with van der Waals surface area (Å²) in [7, 11) is 0. The van der Waals surface area contributed by atoms with Crippen LogP contribution in [0.15, 0.2) is 58.5 Å². The van der Waals surface area contributed by atoms with Crippen LogP contribution < -0.4 is 10.9 Å². The number of carbonyl (C=O) groups excluding carboxylic acids is 1. The number of amides is 1. The van der Waals surface area contributed by atoms with Gasteiger partial charge in [-0.25, -0.2) is 4.98 Å². The lowest BCUT2D eigenvalue weighted by Gasteiger charge is -2.08. The number of nitrogens with zero attached hydrogens (tertiary/aromatic N) is 2. The number of para-hydroxylation sites is 1. The van der Waals surface area contributed by atoms with Gasteiger partial charge in [-0.05, 0) is 43.3 Å². The monoisotopic (exact) mass is 468 g/mol. The molecule has 2 N–H and O–H groups in total. The van der Waals surface area contributed by atoms with Crippen molar-refractivity contribution in [2.75, 3.05) is 5.75 Å². The summed E-state index contributed by atoms with van der Waals surface area (Å²) in [4.78, 5) is 32.2. The van der Waals surface area contributed by atoms with Crippen LogP contribution in [-0.4, -0.2) is 26.2 Å². The quantitative estimate of drug-likeness (QED) is 0.247. The number of hydrogen-bond acceptors (Lipinski definition) is 6. The predicted octanol–water partition coefficient (Wildman–Crippen LogP) is 4.53. The number of H-pyrrole nitrogens is 1. The molecule has 31 heavy (non-hydrogen) atoms. The molecule has 9 heteroatoms. The fourth-order valence-corrected chi connectivity index (χ4v) is 5.02. The molecule has 158 valence electrons. The Bertz CT molecular complexity index is 1370. The van der Waals surface area contributed by atoms with Crippen molar-refractivity contribution < 1.29 is 4.79 Å². The van der Waals surface area contributed by atoms with E-state index in [1.807, 2.05) is 66.9 Å². The van der Waals surface area contributed by atoms with Crippen molar-refractivity contribution in [2.45, 2.75) is 25.5 Å². The Morgan fingerprint density at radius 2 is 1.94 bits per heavy atom. The van der Waals surface area contributed by atoms with Crippen LogP contribution in [-0.2, 0) is 11.3 Å². The Morgan fingerprint density at radius 3 is 2.68 bits per heavy atom. The summed E-state index contributed by atoms with van der Waals surface area (Å²) in [5.74, 6) is 0.0181. The van der Waals surface area contributed by atoms with Gasteiger partial charge in [0.25, 0.3) is 5.56 Å². The summed E-state index contributed by atoms with van der Waals surface area (Å²) in [5.41, 5.74) is 4.39. The molecule has 2 aromatic heterocycles. The predicted molar refractivity (Wildman–Crippen MR) is 129 cm³/mol. The normalized spacial score (nSPS) is 11.0. The number of carbonyl (C=O) groups is 1. The van der Waals surface area contributed by atoms with Crippen molar-refractivity contribution in [3.63, 3.8) is 0 Å². The molecule has 0 fully saturated rings. The molecule has 0 spiro atoms. The number of rotatable bonds is 6. The molecule has 4 rings (SSSR count). The van der Waals surface area contributed by atoms with E-state index in [0.29, 0.717) is 26.0 Å². The van der Waals surface area contributed by atoms with Crippen LogP contribution in [0.5, 0.6) is 0 Å². The van der Waals surface area contributed by atoms with Gasteiger partial charge in [-0.2, -0.15) is 0 Å². The molecule has 0 aliphatic rings. The second kappa shape index (κ2) is 9.17. The van der Waals surface area contributed by atoms with E-state index in [2.05, 4.69) is 15.3 Å². The average Bonchev–Trinajstić information content (AvgIpc) is 3.08. The fraction of sp³-hybridized carbons (Fsp3) is 0.182. The number of benzene rings is 2. The number of aromatic amines is 1. The van der Waals surface area contributed by atoms with E-state index in [1.165, 1.54) is 28.7 Å². The van der Waals surface area contributed by atoms with Gasteiger partial charge in [0.15, 0.2) is 14.8 Å². The molecule has 4 aromatic rings. The fourth-order valence-electron chi connectivity index (χ4n) is 3.08. The molecule has 0 saturated carbocycles. The van der Waals surface area contributed by atoms with Gasteiger partial charge in [-0.3, -0.25) is 14.2 Å². The summed E-state index contributed by atoms with van der Waals surface area (Å²) < 4.78 is 2.85. The molecule has 2 heterocycles. The van der Waals surface area contributed by atoms with Gasteiger partial charge < -0.3 is 10.3 Å². The van der Waals surface area contributed by atoms with Gasteiger partial charge in [-0.1, -0.05) is 71.1 Å². The van der Waals surface area contributed by atoms with Crippen molar-refractivity contribution in [1.29, 1.82) is 0 Å². The zero-order valence-electron chi connectivity index (χ0n) is 17.0. The molecule has 2 aromatic carbocycles. The number of hydrogen-bond donors (Lipinski definition) is 2. The maximum absolute atomic E-state index is 12.6.